The fourth-order valence-electron chi connectivity index (χ4n) is 1.16. The lowest BCUT2D eigenvalue weighted by Gasteiger charge is -2.26. The molecule has 17 heavy (non-hydrogen) atoms. The maximum Gasteiger partial charge on any atom is 0.354 e. The SMILES string of the molecule is CC(C)(C)C(O)CNc1cccc(C(=O)O)n1. The largest absolute Gasteiger partial charge is 0.477 e. The molecule has 0 saturated heterocycles. The van der Waals surface area contributed by atoms with Crippen LogP contribution in [0.5, 0.6) is 0 Å². The number of carboxylic acids is 1. The lowest BCUT2D eigenvalue weighted by Crippen LogP contribution is -2.33. The van der Waals surface area contributed by atoms with Gasteiger partial charge in [-0.25, -0.2) is 9.78 Å². The van der Waals surface area contributed by atoms with Gasteiger partial charge in [0, 0.05) is 6.54 Å². The van der Waals surface area contributed by atoms with Gasteiger partial charge >= 0.3 is 5.97 Å². The van der Waals surface area contributed by atoms with Gasteiger partial charge in [0.1, 0.15) is 5.82 Å². The lowest BCUT2D eigenvalue weighted by molar-refractivity contribution is 0.0690. The summed E-state index contributed by atoms with van der Waals surface area (Å²) in [7, 11) is 0. The second kappa shape index (κ2) is 5.14. The van der Waals surface area contributed by atoms with Crippen molar-refractivity contribution in [2.24, 2.45) is 5.41 Å². The van der Waals surface area contributed by atoms with Crippen LogP contribution >= 0.6 is 0 Å². The van der Waals surface area contributed by atoms with Crippen LogP contribution in [0, 0.1) is 5.41 Å². The highest BCUT2D eigenvalue weighted by atomic mass is 16.4. The van der Waals surface area contributed by atoms with E-state index >= 15 is 0 Å². The first-order chi connectivity index (χ1) is 7.80. The Morgan fingerprint density at radius 2 is 2.12 bits per heavy atom. The monoisotopic (exact) mass is 238 g/mol. The summed E-state index contributed by atoms with van der Waals surface area (Å²) in [5.41, 5.74) is -0.238. The van der Waals surface area contributed by atoms with E-state index in [-0.39, 0.29) is 11.1 Å². The second-order valence-corrected chi connectivity index (χ2v) is 4.98. The van der Waals surface area contributed by atoms with Gasteiger partial charge in [-0.15, -0.1) is 0 Å². The van der Waals surface area contributed by atoms with Crippen molar-refractivity contribution >= 4 is 11.8 Å². The zero-order valence-corrected chi connectivity index (χ0v) is 10.3. The Morgan fingerprint density at radius 1 is 1.47 bits per heavy atom. The van der Waals surface area contributed by atoms with Gasteiger partial charge in [0.15, 0.2) is 5.69 Å². The first-order valence-corrected chi connectivity index (χ1v) is 5.43. The zero-order chi connectivity index (χ0) is 13.1. The standard InChI is InChI=1S/C12H18N2O3/c1-12(2,3)9(15)7-13-10-6-4-5-8(14-10)11(16)17/h4-6,9,15H,7H2,1-3H3,(H,13,14)(H,16,17). The Hall–Kier alpha value is -1.62. The summed E-state index contributed by atoms with van der Waals surface area (Å²) < 4.78 is 0. The highest BCUT2D eigenvalue weighted by Gasteiger charge is 2.21. The van der Waals surface area contributed by atoms with Gasteiger partial charge in [0.05, 0.1) is 6.10 Å². The van der Waals surface area contributed by atoms with Crippen LogP contribution in [0.4, 0.5) is 5.82 Å². The molecule has 5 nitrogen and oxygen atoms in total. The van der Waals surface area contributed by atoms with Gasteiger partial charge < -0.3 is 15.5 Å². The minimum absolute atomic E-state index is 0.0137. The molecule has 1 heterocycles. The van der Waals surface area contributed by atoms with Crippen molar-refractivity contribution in [3.63, 3.8) is 0 Å². The van der Waals surface area contributed by atoms with Crippen LogP contribution in [0.2, 0.25) is 0 Å². The van der Waals surface area contributed by atoms with E-state index < -0.39 is 12.1 Å². The predicted octanol–water partition coefficient (Wildman–Crippen LogP) is 1.60. The summed E-state index contributed by atoms with van der Waals surface area (Å²) in [4.78, 5) is 14.6. The van der Waals surface area contributed by atoms with Crippen molar-refractivity contribution in [1.29, 1.82) is 0 Å². The Kier molecular flexibility index (Phi) is 4.07. The van der Waals surface area contributed by atoms with Crippen LogP contribution in [0.1, 0.15) is 31.3 Å². The fourth-order valence-corrected chi connectivity index (χ4v) is 1.16. The van der Waals surface area contributed by atoms with Crippen LogP contribution in [0.25, 0.3) is 0 Å². The number of rotatable bonds is 4. The van der Waals surface area contributed by atoms with E-state index in [1.54, 1.807) is 12.1 Å². The smallest absolute Gasteiger partial charge is 0.354 e. The molecule has 0 bridgehead atoms. The van der Waals surface area contributed by atoms with E-state index in [0.717, 1.165) is 0 Å². The molecule has 5 heteroatoms. The number of nitrogens with zero attached hydrogens (tertiary/aromatic N) is 1. The average Bonchev–Trinajstić information content (AvgIpc) is 2.25. The maximum atomic E-state index is 10.7. The van der Waals surface area contributed by atoms with E-state index in [9.17, 15) is 9.90 Å². The van der Waals surface area contributed by atoms with Crippen molar-refractivity contribution in [2.75, 3.05) is 11.9 Å². The summed E-state index contributed by atoms with van der Waals surface area (Å²) in [5, 5.41) is 21.5. The first-order valence-electron chi connectivity index (χ1n) is 5.43. The van der Waals surface area contributed by atoms with E-state index in [1.807, 2.05) is 20.8 Å². The van der Waals surface area contributed by atoms with E-state index in [4.69, 9.17) is 5.11 Å². The molecule has 0 aliphatic heterocycles. The summed E-state index contributed by atoms with van der Waals surface area (Å²) in [6.45, 7) is 6.13. The van der Waals surface area contributed by atoms with Crippen molar-refractivity contribution in [1.82, 2.24) is 4.98 Å². The molecule has 1 atom stereocenters. The number of aliphatic hydroxyl groups excluding tert-OH is 1. The Labute approximate surface area is 101 Å². The van der Waals surface area contributed by atoms with Crippen molar-refractivity contribution in [2.45, 2.75) is 26.9 Å². The lowest BCUT2D eigenvalue weighted by atomic mass is 9.89. The number of pyridine rings is 1. The molecule has 3 N–H and O–H groups in total. The average molecular weight is 238 g/mol. The molecule has 0 fully saturated rings. The Morgan fingerprint density at radius 3 is 2.65 bits per heavy atom. The van der Waals surface area contributed by atoms with Gasteiger partial charge in [-0.2, -0.15) is 0 Å². The Balaban J connectivity index is 2.64. The third kappa shape index (κ3) is 4.03. The second-order valence-electron chi connectivity index (χ2n) is 4.98. The molecule has 1 rings (SSSR count). The summed E-state index contributed by atoms with van der Waals surface area (Å²) in [5.74, 6) is -0.613. The molecule has 0 aromatic carbocycles. The molecule has 0 saturated carbocycles. The number of anilines is 1. The van der Waals surface area contributed by atoms with Crippen LogP contribution in [-0.4, -0.2) is 33.8 Å². The van der Waals surface area contributed by atoms with Crippen LogP contribution in [0.3, 0.4) is 0 Å². The molecule has 1 aromatic rings. The summed E-state index contributed by atoms with van der Waals surface area (Å²) in [6, 6.07) is 4.71. The van der Waals surface area contributed by atoms with Crippen molar-refractivity contribution < 1.29 is 15.0 Å². The summed E-state index contributed by atoms with van der Waals surface area (Å²) in [6.07, 6.45) is -0.530. The molecular formula is C12H18N2O3. The predicted molar refractivity (Wildman–Crippen MR) is 65.1 cm³/mol. The number of carbonyl (C=O) groups is 1. The van der Waals surface area contributed by atoms with Crippen LogP contribution in [0.15, 0.2) is 18.2 Å². The number of carboxylic acid groups (broad SMARTS) is 1. The fraction of sp³-hybridized carbons (Fsp3) is 0.500. The van der Waals surface area contributed by atoms with E-state index in [0.29, 0.717) is 12.4 Å². The molecule has 0 aliphatic carbocycles. The molecule has 0 amide bonds. The number of aromatic carboxylic acids is 1. The molecule has 0 radical (unpaired) electrons. The highest BCUT2D eigenvalue weighted by Crippen LogP contribution is 2.19. The molecular weight excluding hydrogens is 220 g/mol. The number of aromatic nitrogens is 1. The number of hydrogen-bond donors (Lipinski definition) is 3. The van der Waals surface area contributed by atoms with Gasteiger partial charge in [-0.3, -0.25) is 0 Å². The maximum absolute atomic E-state index is 10.7. The minimum Gasteiger partial charge on any atom is -0.477 e. The van der Waals surface area contributed by atoms with Gasteiger partial charge in [0.25, 0.3) is 0 Å². The number of hydrogen-bond acceptors (Lipinski definition) is 4. The molecule has 0 aliphatic rings. The minimum atomic E-state index is -1.06. The van der Waals surface area contributed by atoms with Crippen molar-refractivity contribution in [3.8, 4) is 0 Å². The first kappa shape index (κ1) is 13.4. The Bertz CT molecular complexity index is 399. The molecule has 0 spiro atoms. The van der Waals surface area contributed by atoms with Gasteiger partial charge in [0.2, 0.25) is 0 Å². The number of nitrogens with one attached hydrogen (secondary N) is 1. The van der Waals surface area contributed by atoms with Gasteiger partial charge in [-0.1, -0.05) is 26.8 Å². The molecule has 1 aromatic heterocycles. The third-order valence-electron chi connectivity index (χ3n) is 2.44. The quantitative estimate of drug-likeness (QED) is 0.742. The molecule has 1 unspecified atom stereocenters. The summed E-state index contributed by atoms with van der Waals surface area (Å²) >= 11 is 0. The van der Waals surface area contributed by atoms with E-state index in [2.05, 4.69) is 10.3 Å². The zero-order valence-electron chi connectivity index (χ0n) is 10.3. The molecule has 94 valence electrons. The van der Waals surface area contributed by atoms with E-state index in [1.165, 1.54) is 6.07 Å². The van der Waals surface area contributed by atoms with Gasteiger partial charge in [-0.05, 0) is 17.5 Å². The third-order valence-corrected chi connectivity index (χ3v) is 2.44. The van der Waals surface area contributed by atoms with Crippen LogP contribution in [-0.2, 0) is 0 Å². The number of aliphatic hydroxyl groups is 1. The topological polar surface area (TPSA) is 82.5 Å². The van der Waals surface area contributed by atoms with Crippen LogP contribution < -0.4 is 5.32 Å². The van der Waals surface area contributed by atoms with Crippen molar-refractivity contribution in [3.05, 3.63) is 23.9 Å². The normalized spacial score (nSPS) is 13.2. The highest BCUT2D eigenvalue weighted by molar-refractivity contribution is 5.85.